The molecule has 94 valence electrons. The lowest BCUT2D eigenvalue weighted by molar-refractivity contribution is 0.0685. The molecule has 1 aromatic heterocycles. The van der Waals surface area contributed by atoms with Crippen molar-refractivity contribution < 1.29 is 4.74 Å². The summed E-state index contributed by atoms with van der Waals surface area (Å²) in [5.74, 6) is 0.647. The van der Waals surface area contributed by atoms with Crippen LogP contribution in [-0.2, 0) is 4.74 Å². The molecule has 0 radical (unpaired) electrons. The number of hydrogen-bond acceptors (Lipinski definition) is 3. The third-order valence-corrected chi connectivity index (χ3v) is 4.00. The quantitative estimate of drug-likeness (QED) is 0.848. The summed E-state index contributed by atoms with van der Waals surface area (Å²) >= 11 is 0. The average molecular weight is 235 g/mol. The topological polar surface area (TPSA) is 39.1 Å². The highest BCUT2D eigenvalue weighted by atomic mass is 16.5. The van der Waals surface area contributed by atoms with E-state index in [9.17, 15) is 0 Å². The molecule has 3 heterocycles. The van der Waals surface area contributed by atoms with Gasteiger partial charge in [-0.05, 0) is 32.2 Å². The van der Waals surface area contributed by atoms with Gasteiger partial charge in [-0.3, -0.25) is 0 Å². The van der Waals surface area contributed by atoms with Crippen molar-refractivity contribution in [2.75, 3.05) is 26.3 Å². The van der Waals surface area contributed by atoms with E-state index >= 15 is 0 Å². The van der Waals surface area contributed by atoms with Gasteiger partial charge in [0.15, 0.2) is 0 Å². The van der Waals surface area contributed by atoms with Crippen LogP contribution in [0.1, 0.15) is 43.3 Å². The van der Waals surface area contributed by atoms with E-state index in [2.05, 4.69) is 21.1 Å². The second kappa shape index (κ2) is 5.19. The van der Waals surface area contributed by atoms with E-state index in [4.69, 9.17) is 4.74 Å². The average Bonchev–Trinajstić information content (AvgIpc) is 2.90. The Hall–Kier alpha value is -0.870. The Labute approximate surface area is 102 Å². The number of aromatic nitrogens is 2. The van der Waals surface area contributed by atoms with Crippen molar-refractivity contribution in [1.29, 1.82) is 0 Å². The zero-order valence-electron chi connectivity index (χ0n) is 10.3. The number of nitrogens with one attached hydrogen (secondary N) is 1. The van der Waals surface area contributed by atoms with Gasteiger partial charge < -0.3 is 14.6 Å². The molecule has 17 heavy (non-hydrogen) atoms. The van der Waals surface area contributed by atoms with Gasteiger partial charge in [-0.15, -0.1) is 0 Å². The van der Waals surface area contributed by atoms with Crippen LogP contribution in [0.4, 0.5) is 0 Å². The standard InChI is InChI=1S/C13H21N3O/c1-2-11(8-14-5-1)13-9-15-10-16(13)12-3-6-17-7-4-12/h9-12,14H,1-8H2. The van der Waals surface area contributed by atoms with Crippen LogP contribution in [0.2, 0.25) is 0 Å². The fourth-order valence-corrected chi connectivity index (χ4v) is 3.00. The highest BCUT2D eigenvalue weighted by Crippen LogP contribution is 2.29. The molecule has 4 heteroatoms. The summed E-state index contributed by atoms with van der Waals surface area (Å²) in [4.78, 5) is 4.37. The van der Waals surface area contributed by atoms with E-state index < -0.39 is 0 Å². The molecule has 2 saturated heterocycles. The van der Waals surface area contributed by atoms with E-state index in [0.717, 1.165) is 32.6 Å². The number of nitrogens with zero attached hydrogens (tertiary/aromatic N) is 2. The molecule has 0 bridgehead atoms. The Morgan fingerprint density at radius 1 is 1.29 bits per heavy atom. The number of imidazole rings is 1. The summed E-state index contributed by atoms with van der Waals surface area (Å²) in [5.41, 5.74) is 1.42. The maximum atomic E-state index is 5.44. The molecule has 0 saturated carbocycles. The first kappa shape index (κ1) is 11.2. The van der Waals surface area contributed by atoms with Gasteiger partial charge in [0.25, 0.3) is 0 Å². The Bertz CT molecular complexity index is 319. The van der Waals surface area contributed by atoms with Gasteiger partial charge in [0.2, 0.25) is 0 Å². The SMILES string of the molecule is c1ncn(C2CCOCC2)c1C1CCCNC1. The van der Waals surface area contributed by atoms with Gasteiger partial charge in [-0.2, -0.15) is 0 Å². The molecule has 2 fully saturated rings. The van der Waals surface area contributed by atoms with Crippen LogP contribution in [0, 0.1) is 0 Å². The molecule has 1 atom stereocenters. The van der Waals surface area contributed by atoms with Crippen LogP contribution in [0.5, 0.6) is 0 Å². The molecule has 3 rings (SSSR count). The monoisotopic (exact) mass is 235 g/mol. The van der Waals surface area contributed by atoms with Crippen molar-refractivity contribution in [3.8, 4) is 0 Å². The summed E-state index contributed by atoms with van der Waals surface area (Å²) < 4.78 is 7.84. The molecule has 1 N–H and O–H groups in total. The van der Waals surface area contributed by atoms with Crippen molar-refractivity contribution in [1.82, 2.24) is 14.9 Å². The van der Waals surface area contributed by atoms with Gasteiger partial charge in [0.05, 0.1) is 6.33 Å². The molecule has 1 unspecified atom stereocenters. The summed E-state index contributed by atoms with van der Waals surface area (Å²) in [7, 11) is 0. The van der Waals surface area contributed by atoms with Crippen molar-refractivity contribution in [3.63, 3.8) is 0 Å². The van der Waals surface area contributed by atoms with Gasteiger partial charge in [-0.1, -0.05) is 0 Å². The van der Waals surface area contributed by atoms with Crippen LogP contribution >= 0.6 is 0 Å². The lowest BCUT2D eigenvalue weighted by atomic mass is 9.95. The van der Waals surface area contributed by atoms with Crippen molar-refractivity contribution in [2.45, 2.75) is 37.6 Å². The van der Waals surface area contributed by atoms with Crippen LogP contribution in [0.15, 0.2) is 12.5 Å². The van der Waals surface area contributed by atoms with Gasteiger partial charge >= 0.3 is 0 Å². The van der Waals surface area contributed by atoms with Crippen LogP contribution in [0.25, 0.3) is 0 Å². The number of rotatable bonds is 2. The fourth-order valence-electron chi connectivity index (χ4n) is 3.00. The number of ether oxygens (including phenoxy) is 1. The summed E-state index contributed by atoms with van der Waals surface area (Å²) in [6, 6.07) is 0.600. The normalized spacial score (nSPS) is 27.2. The highest BCUT2D eigenvalue weighted by Gasteiger charge is 2.23. The van der Waals surface area contributed by atoms with Crippen molar-refractivity contribution >= 4 is 0 Å². The minimum Gasteiger partial charge on any atom is -0.381 e. The lowest BCUT2D eigenvalue weighted by Crippen LogP contribution is -2.30. The lowest BCUT2D eigenvalue weighted by Gasteiger charge is -2.29. The van der Waals surface area contributed by atoms with Crippen LogP contribution < -0.4 is 5.32 Å². The Kier molecular flexibility index (Phi) is 3.43. The predicted molar refractivity (Wildman–Crippen MR) is 66.2 cm³/mol. The van der Waals surface area contributed by atoms with Crippen LogP contribution in [0.3, 0.4) is 0 Å². The van der Waals surface area contributed by atoms with Gasteiger partial charge in [0, 0.05) is 43.6 Å². The first-order valence-electron chi connectivity index (χ1n) is 6.75. The van der Waals surface area contributed by atoms with E-state index in [-0.39, 0.29) is 0 Å². The summed E-state index contributed by atoms with van der Waals surface area (Å²) in [6.45, 7) is 4.06. The Balaban J connectivity index is 1.77. The van der Waals surface area contributed by atoms with Crippen molar-refractivity contribution in [2.24, 2.45) is 0 Å². The molecule has 2 aliphatic heterocycles. The minimum atomic E-state index is 0.600. The number of hydrogen-bond donors (Lipinski definition) is 1. The molecule has 0 aliphatic carbocycles. The van der Waals surface area contributed by atoms with E-state index in [1.54, 1.807) is 0 Å². The van der Waals surface area contributed by atoms with Crippen LogP contribution in [-0.4, -0.2) is 35.9 Å². The Morgan fingerprint density at radius 2 is 2.18 bits per heavy atom. The largest absolute Gasteiger partial charge is 0.381 e. The zero-order valence-corrected chi connectivity index (χ0v) is 10.3. The molecule has 2 aliphatic rings. The summed E-state index contributed by atoms with van der Waals surface area (Å²) in [5, 5.41) is 3.49. The van der Waals surface area contributed by atoms with Crippen molar-refractivity contribution in [3.05, 3.63) is 18.2 Å². The molecular weight excluding hydrogens is 214 g/mol. The van der Waals surface area contributed by atoms with E-state index in [0.29, 0.717) is 12.0 Å². The van der Waals surface area contributed by atoms with E-state index in [1.165, 1.54) is 25.1 Å². The maximum absolute atomic E-state index is 5.44. The molecule has 0 spiro atoms. The molecule has 0 aromatic carbocycles. The highest BCUT2D eigenvalue weighted by molar-refractivity contribution is 5.09. The molecular formula is C13H21N3O. The molecule has 0 amide bonds. The third-order valence-electron chi connectivity index (χ3n) is 4.00. The fraction of sp³-hybridized carbons (Fsp3) is 0.769. The first-order chi connectivity index (χ1) is 8.45. The summed E-state index contributed by atoms with van der Waals surface area (Å²) in [6.07, 6.45) is 8.91. The molecule has 1 aromatic rings. The second-order valence-electron chi connectivity index (χ2n) is 5.11. The first-order valence-corrected chi connectivity index (χ1v) is 6.75. The smallest absolute Gasteiger partial charge is 0.0950 e. The maximum Gasteiger partial charge on any atom is 0.0950 e. The predicted octanol–water partition coefficient (Wildman–Crippen LogP) is 1.70. The second-order valence-corrected chi connectivity index (χ2v) is 5.11. The third kappa shape index (κ3) is 2.38. The van der Waals surface area contributed by atoms with Gasteiger partial charge in [-0.25, -0.2) is 4.98 Å². The number of piperidine rings is 1. The van der Waals surface area contributed by atoms with Gasteiger partial charge in [0.1, 0.15) is 0 Å². The molecule has 4 nitrogen and oxygen atoms in total. The Morgan fingerprint density at radius 3 is 2.94 bits per heavy atom. The minimum absolute atomic E-state index is 0.600. The van der Waals surface area contributed by atoms with E-state index in [1.807, 2.05) is 6.33 Å². The zero-order chi connectivity index (χ0) is 11.5.